The molecule has 0 saturated carbocycles. The molecule has 1 atom stereocenters. The largest absolute Gasteiger partial charge is 0.449 e. The van der Waals surface area contributed by atoms with Crippen LogP contribution in [0.15, 0.2) is 78.6 Å². The lowest BCUT2D eigenvalue weighted by Gasteiger charge is -2.42. The van der Waals surface area contributed by atoms with Crippen LogP contribution in [0.4, 0.5) is 15.8 Å². The van der Waals surface area contributed by atoms with Gasteiger partial charge in [-0.05, 0) is 50.3 Å². The Bertz CT molecular complexity index is 1320. The molecule has 0 spiro atoms. The zero-order chi connectivity index (χ0) is 25.2. The van der Waals surface area contributed by atoms with Crippen molar-refractivity contribution in [2.75, 3.05) is 36.0 Å². The van der Waals surface area contributed by atoms with Gasteiger partial charge < -0.3 is 14.5 Å². The highest BCUT2D eigenvalue weighted by Gasteiger charge is 2.34. The van der Waals surface area contributed by atoms with E-state index in [0.717, 1.165) is 5.69 Å². The van der Waals surface area contributed by atoms with Crippen LogP contribution < -0.4 is 14.5 Å². The first-order valence-corrected chi connectivity index (χ1v) is 12.1. The molecule has 2 amide bonds. The maximum absolute atomic E-state index is 14.2. The highest BCUT2D eigenvalue weighted by atomic mass is 19.1. The van der Waals surface area contributed by atoms with Gasteiger partial charge in [-0.3, -0.25) is 14.5 Å². The Morgan fingerprint density at radius 2 is 1.75 bits per heavy atom. The van der Waals surface area contributed by atoms with Crippen LogP contribution in [0, 0.1) is 12.7 Å². The molecule has 1 fully saturated rings. The Kier molecular flexibility index (Phi) is 6.46. The van der Waals surface area contributed by atoms with Gasteiger partial charge in [-0.1, -0.05) is 48.0 Å². The smallest absolute Gasteiger partial charge is 0.294 e. The number of hydrogen-bond acceptors (Lipinski definition) is 4. The van der Waals surface area contributed by atoms with E-state index in [1.165, 1.54) is 22.6 Å². The molecule has 7 heteroatoms. The zero-order valence-corrected chi connectivity index (χ0v) is 20.4. The maximum atomic E-state index is 14.2. The Balaban J connectivity index is 1.34. The fourth-order valence-electron chi connectivity index (χ4n) is 4.69. The average Bonchev–Trinajstić information content (AvgIpc) is 2.88. The molecule has 0 radical (unpaired) electrons. The number of carbonyl (C=O) groups excluding carboxylic acids is 2. The minimum Gasteiger partial charge on any atom is -0.449 e. The lowest BCUT2D eigenvalue weighted by Crippen LogP contribution is -2.56. The molecule has 3 aromatic carbocycles. The number of halogens is 1. The molecule has 2 heterocycles. The number of nitrogens with zero attached hydrogens (tertiary/aromatic N) is 3. The molecule has 3 aromatic rings. The monoisotopic (exact) mass is 485 g/mol. The third-order valence-corrected chi connectivity index (χ3v) is 6.66. The van der Waals surface area contributed by atoms with Crippen LogP contribution in [-0.2, 0) is 9.59 Å². The predicted octanol–water partition coefficient (Wildman–Crippen LogP) is 4.64. The van der Waals surface area contributed by atoms with Crippen molar-refractivity contribution in [3.63, 3.8) is 0 Å². The molecule has 2 aliphatic rings. The lowest BCUT2D eigenvalue weighted by atomic mass is 10.1. The summed E-state index contributed by atoms with van der Waals surface area (Å²) in [6, 6.07) is 21.8. The van der Waals surface area contributed by atoms with Gasteiger partial charge in [0.15, 0.2) is 11.5 Å². The number of piperazine rings is 1. The lowest BCUT2D eigenvalue weighted by molar-refractivity contribution is -0.132. The van der Waals surface area contributed by atoms with E-state index < -0.39 is 11.7 Å². The fourth-order valence-corrected chi connectivity index (χ4v) is 4.69. The van der Waals surface area contributed by atoms with E-state index in [-0.39, 0.29) is 29.8 Å². The number of ether oxygens (including phenoxy) is 1. The molecule has 184 valence electrons. The third-order valence-electron chi connectivity index (χ3n) is 6.66. The van der Waals surface area contributed by atoms with E-state index in [0.29, 0.717) is 31.1 Å². The van der Waals surface area contributed by atoms with Crippen LogP contribution in [0.25, 0.3) is 6.08 Å². The molecule has 1 saturated heterocycles. The van der Waals surface area contributed by atoms with E-state index in [9.17, 15) is 14.0 Å². The van der Waals surface area contributed by atoms with E-state index >= 15 is 0 Å². The van der Waals surface area contributed by atoms with Crippen molar-refractivity contribution in [2.24, 2.45) is 0 Å². The number of aryl methyl sites for hydroxylation is 1. The van der Waals surface area contributed by atoms with Crippen LogP contribution in [-0.4, -0.2) is 48.9 Å². The van der Waals surface area contributed by atoms with E-state index in [2.05, 4.69) is 43.0 Å². The first kappa shape index (κ1) is 23.6. The van der Waals surface area contributed by atoms with Crippen molar-refractivity contribution < 1.29 is 18.7 Å². The first-order chi connectivity index (χ1) is 17.4. The minimum absolute atomic E-state index is 0.0239. The van der Waals surface area contributed by atoms with Gasteiger partial charge in [-0.25, -0.2) is 4.39 Å². The van der Waals surface area contributed by atoms with Crippen molar-refractivity contribution in [1.29, 1.82) is 0 Å². The van der Waals surface area contributed by atoms with E-state index in [4.69, 9.17) is 4.74 Å². The number of para-hydroxylation sites is 2. The molecule has 0 aromatic heterocycles. The highest BCUT2D eigenvalue weighted by Crippen LogP contribution is 2.36. The second-order valence-corrected chi connectivity index (χ2v) is 9.21. The summed E-state index contributed by atoms with van der Waals surface area (Å²) in [7, 11) is 0. The predicted molar refractivity (Wildman–Crippen MR) is 138 cm³/mol. The van der Waals surface area contributed by atoms with Crippen LogP contribution in [0.5, 0.6) is 5.75 Å². The average molecular weight is 486 g/mol. The van der Waals surface area contributed by atoms with Gasteiger partial charge >= 0.3 is 0 Å². The van der Waals surface area contributed by atoms with Crippen LogP contribution in [0.2, 0.25) is 0 Å². The van der Waals surface area contributed by atoms with Gasteiger partial charge in [-0.15, -0.1) is 0 Å². The summed E-state index contributed by atoms with van der Waals surface area (Å²) in [6.45, 7) is 5.88. The summed E-state index contributed by atoms with van der Waals surface area (Å²) in [4.78, 5) is 32.3. The quantitative estimate of drug-likeness (QED) is 0.506. The van der Waals surface area contributed by atoms with Crippen LogP contribution in [0.3, 0.4) is 0 Å². The van der Waals surface area contributed by atoms with Gasteiger partial charge in [0.1, 0.15) is 12.4 Å². The number of hydrogen-bond donors (Lipinski definition) is 0. The minimum atomic E-state index is -0.475. The van der Waals surface area contributed by atoms with Crippen molar-refractivity contribution in [3.8, 4) is 5.75 Å². The van der Waals surface area contributed by atoms with Crippen molar-refractivity contribution in [2.45, 2.75) is 19.9 Å². The van der Waals surface area contributed by atoms with Gasteiger partial charge in [0, 0.05) is 36.9 Å². The highest BCUT2D eigenvalue weighted by molar-refractivity contribution is 6.12. The number of anilines is 2. The second kappa shape index (κ2) is 9.85. The van der Waals surface area contributed by atoms with Crippen LogP contribution >= 0.6 is 0 Å². The van der Waals surface area contributed by atoms with Gasteiger partial charge in [0.25, 0.3) is 5.91 Å². The molecule has 36 heavy (non-hydrogen) atoms. The molecule has 0 bridgehead atoms. The standard InChI is InChI=1S/C29H28FN3O3/c1-20-11-13-23(14-12-20)32-16-15-31(18-21(32)2)28(34)19-33-25-9-5-6-10-26(25)36-27(29(33)35)17-22-7-3-4-8-24(22)30/h3-14,17,21H,15-16,18-19H2,1-2H3/b27-17+/t21-/m0/s1. The van der Waals surface area contributed by atoms with Crippen LogP contribution in [0.1, 0.15) is 18.1 Å². The zero-order valence-electron chi connectivity index (χ0n) is 20.4. The maximum Gasteiger partial charge on any atom is 0.294 e. The normalized spacial score (nSPS) is 18.8. The molecular weight excluding hydrogens is 457 g/mol. The molecule has 0 aliphatic carbocycles. The summed E-state index contributed by atoms with van der Waals surface area (Å²) in [5, 5.41) is 0. The second-order valence-electron chi connectivity index (χ2n) is 9.21. The summed E-state index contributed by atoms with van der Waals surface area (Å²) < 4.78 is 20.1. The third kappa shape index (κ3) is 4.69. The molecule has 0 N–H and O–H groups in total. The molecule has 6 nitrogen and oxygen atoms in total. The Morgan fingerprint density at radius 1 is 1.03 bits per heavy atom. The Morgan fingerprint density at radius 3 is 2.50 bits per heavy atom. The molecule has 2 aliphatic heterocycles. The first-order valence-electron chi connectivity index (χ1n) is 12.1. The fraction of sp³-hybridized carbons (Fsp3) is 0.241. The molecular formula is C29H28FN3O3. The van der Waals surface area contributed by atoms with E-state index in [1.54, 1.807) is 47.4 Å². The molecule has 5 rings (SSSR count). The van der Waals surface area contributed by atoms with Crippen molar-refractivity contribution in [1.82, 2.24) is 4.90 Å². The Hall–Kier alpha value is -4.13. The Labute approximate surface area is 210 Å². The van der Waals surface area contributed by atoms with Gasteiger partial charge in [0.05, 0.1) is 5.69 Å². The van der Waals surface area contributed by atoms with Gasteiger partial charge in [0.2, 0.25) is 5.91 Å². The van der Waals surface area contributed by atoms with Crippen molar-refractivity contribution in [3.05, 3.63) is 95.5 Å². The van der Waals surface area contributed by atoms with E-state index in [1.807, 2.05) is 0 Å². The number of rotatable bonds is 4. The van der Waals surface area contributed by atoms with Gasteiger partial charge in [-0.2, -0.15) is 0 Å². The summed E-state index contributed by atoms with van der Waals surface area (Å²) in [5.74, 6) is -0.644. The number of carbonyl (C=O) groups is 2. The van der Waals surface area contributed by atoms with Crippen molar-refractivity contribution >= 4 is 29.3 Å². The number of benzene rings is 3. The summed E-state index contributed by atoms with van der Waals surface area (Å²) in [6.07, 6.45) is 1.38. The molecule has 0 unspecified atom stereocenters. The summed E-state index contributed by atoms with van der Waals surface area (Å²) in [5.41, 5.74) is 3.11. The number of amides is 2. The topological polar surface area (TPSA) is 53.1 Å². The summed E-state index contributed by atoms with van der Waals surface area (Å²) >= 11 is 0. The SMILES string of the molecule is Cc1ccc(N2CCN(C(=O)CN3C(=O)/C(=C\c4ccccc4F)Oc4ccccc43)C[C@@H]2C)cc1. The number of fused-ring (bicyclic) bond motifs is 1.